The Morgan fingerprint density at radius 2 is 1.85 bits per heavy atom. The van der Waals surface area contributed by atoms with Gasteiger partial charge in [0.05, 0.1) is 28.4 Å². The number of carbonyl (C=O) groups excluding carboxylic acids is 1. The molecule has 0 saturated carbocycles. The summed E-state index contributed by atoms with van der Waals surface area (Å²) in [5, 5.41) is 24.5. The summed E-state index contributed by atoms with van der Waals surface area (Å²) in [6.45, 7) is 1.48. The van der Waals surface area contributed by atoms with Gasteiger partial charge in [-0.05, 0) is 54.6 Å². The largest absolute Gasteiger partial charge is 0.494 e. The number of H-pyrrole nitrogens is 1. The smallest absolute Gasteiger partial charge is 0.221 e. The van der Waals surface area contributed by atoms with Gasteiger partial charge in [0.2, 0.25) is 5.91 Å². The summed E-state index contributed by atoms with van der Waals surface area (Å²) >= 11 is 1.58. The van der Waals surface area contributed by atoms with E-state index in [1.54, 1.807) is 30.0 Å². The first-order valence-electron chi connectivity index (χ1n) is 10.2. The monoisotopic (exact) mass is 450 g/mol. The van der Waals surface area contributed by atoms with Crippen LogP contribution in [0.5, 0.6) is 5.88 Å². The van der Waals surface area contributed by atoms with E-state index in [1.165, 1.54) is 6.92 Å². The topological polar surface area (TPSA) is 102 Å². The van der Waals surface area contributed by atoms with E-state index in [4.69, 9.17) is 4.98 Å². The van der Waals surface area contributed by atoms with E-state index in [9.17, 15) is 15.2 Å². The highest BCUT2D eigenvalue weighted by Crippen LogP contribution is 2.41. The SMILES string of the molecule is CC(=O)Nc1ccc(Sc2cc(-c3c(O)[nH]c4ccc(C#N)cc34)nc3ccccc23)cc1. The molecule has 5 rings (SSSR count). The van der Waals surface area contributed by atoms with Crippen molar-refractivity contribution in [1.82, 2.24) is 9.97 Å². The minimum absolute atomic E-state index is 0.0125. The van der Waals surface area contributed by atoms with Gasteiger partial charge in [0.15, 0.2) is 5.88 Å². The second-order valence-electron chi connectivity index (χ2n) is 7.55. The summed E-state index contributed by atoms with van der Waals surface area (Å²) in [6.07, 6.45) is 0. The van der Waals surface area contributed by atoms with Crippen molar-refractivity contribution in [2.24, 2.45) is 0 Å². The van der Waals surface area contributed by atoms with Crippen LogP contribution in [0.3, 0.4) is 0 Å². The molecule has 33 heavy (non-hydrogen) atoms. The lowest BCUT2D eigenvalue weighted by molar-refractivity contribution is -0.114. The van der Waals surface area contributed by atoms with Crippen LogP contribution in [-0.4, -0.2) is 21.0 Å². The number of nitrogens with zero attached hydrogens (tertiary/aromatic N) is 2. The first-order valence-corrected chi connectivity index (χ1v) is 11.0. The number of fused-ring (bicyclic) bond motifs is 2. The Kier molecular flexibility index (Phi) is 5.21. The van der Waals surface area contributed by atoms with E-state index in [-0.39, 0.29) is 11.8 Å². The van der Waals surface area contributed by atoms with Crippen LogP contribution >= 0.6 is 11.8 Å². The van der Waals surface area contributed by atoms with Crippen molar-refractivity contribution in [3.63, 3.8) is 0 Å². The van der Waals surface area contributed by atoms with E-state index in [0.717, 1.165) is 37.3 Å². The molecule has 0 atom stereocenters. The van der Waals surface area contributed by atoms with Gasteiger partial charge in [0, 0.05) is 38.7 Å². The van der Waals surface area contributed by atoms with Crippen LogP contribution in [0.15, 0.2) is 82.6 Å². The highest BCUT2D eigenvalue weighted by atomic mass is 32.2. The highest BCUT2D eigenvalue weighted by Gasteiger charge is 2.17. The average Bonchev–Trinajstić information content (AvgIpc) is 3.14. The van der Waals surface area contributed by atoms with Gasteiger partial charge in [-0.15, -0.1) is 0 Å². The number of amides is 1. The zero-order chi connectivity index (χ0) is 22.9. The summed E-state index contributed by atoms with van der Waals surface area (Å²) in [5.74, 6) is -0.100. The number of anilines is 1. The number of aromatic hydroxyl groups is 1. The molecule has 0 unspecified atom stereocenters. The number of benzene rings is 3. The van der Waals surface area contributed by atoms with Gasteiger partial charge in [0.25, 0.3) is 0 Å². The minimum atomic E-state index is -0.113. The zero-order valence-electron chi connectivity index (χ0n) is 17.6. The first-order chi connectivity index (χ1) is 16.0. The summed E-state index contributed by atoms with van der Waals surface area (Å²) in [4.78, 5) is 21.1. The molecule has 0 aliphatic rings. The zero-order valence-corrected chi connectivity index (χ0v) is 18.4. The van der Waals surface area contributed by atoms with Crippen molar-refractivity contribution in [3.8, 4) is 23.2 Å². The van der Waals surface area contributed by atoms with Crippen LogP contribution < -0.4 is 5.32 Å². The molecular weight excluding hydrogens is 432 g/mol. The third-order valence-electron chi connectivity index (χ3n) is 5.24. The number of aromatic nitrogens is 2. The summed E-state index contributed by atoms with van der Waals surface area (Å²) in [7, 11) is 0. The number of rotatable bonds is 4. The van der Waals surface area contributed by atoms with Gasteiger partial charge >= 0.3 is 0 Å². The molecule has 5 aromatic rings. The Morgan fingerprint density at radius 1 is 1.06 bits per heavy atom. The molecule has 0 radical (unpaired) electrons. The minimum Gasteiger partial charge on any atom is -0.494 e. The van der Waals surface area contributed by atoms with Crippen molar-refractivity contribution >= 4 is 45.2 Å². The predicted octanol–water partition coefficient (Wildman–Crippen LogP) is 6.07. The second kappa shape index (κ2) is 8.34. The molecule has 0 saturated heterocycles. The molecule has 2 heterocycles. The number of carbonyl (C=O) groups is 1. The van der Waals surface area contributed by atoms with Crippen LogP contribution in [-0.2, 0) is 4.79 Å². The molecule has 0 bridgehead atoms. The molecule has 3 aromatic carbocycles. The second-order valence-corrected chi connectivity index (χ2v) is 8.67. The fourth-order valence-electron chi connectivity index (χ4n) is 3.80. The fourth-order valence-corrected chi connectivity index (χ4v) is 4.78. The lowest BCUT2D eigenvalue weighted by Gasteiger charge is -2.10. The molecular formula is C26H18N4O2S. The molecule has 1 amide bonds. The Morgan fingerprint density at radius 3 is 2.61 bits per heavy atom. The molecule has 0 aliphatic heterocycles. The van der Waals surface area contributed by atoms with Crippen molar-refractivity contribution < 1.29 is 9.90 Å². The van der Waals surface area contributed by atoms with Gasteiger partial charge in [-0.1, -0.05) is 30.0 Å². The number of nitrogens with one attached hydrogen (secondary N) is 2. The average molecular weight is 451 g/mol. The maximum Gasteiger partial charge on any atom is 0.221 e. The maximum atomic E-state index is 11.3. The number of hydrogen-bond donors (Lipinski definition) is 3. The number of aromatic amines is 1. The number of para-hydroxylation sites is 1. The van der Waals surface area contributed by atoms with E-state index in [2.05, 4.69) is 16.4 Å². The van der Waals surface area contributed by atoms with Crippen molar-refractivity contribution in [1.29, 1.82) is 5.26 Å². The van der Waals surface area contributed by atoms with Crippen molar-refractivity contribution in [2.75, 3.05) is 5.32 Å². The summed E-state index contributed by atoms with van der Waals surface area (Å²) in [6, 6.07) is 24.8. The summed E-state index contributed by atoms with van der Waals surface area (Å²) in [5.41, 5.74) is 3.97. The van der Waals surface area contributed by atoms with E-state index in [1.807, 2.05) is 54.6 Å². The van der Waals surface area contributed by atoms with Gasteiger partial charge in [-0.2, -0.15) is 5.26 Å². The highest BCUT2D eigenvalue weighted by molar-refractivity contribution is 7.99. The molecule has 0 fully saturated rings. The third kappa shape index (κ3) is 4.00. The van der Waals surface area contributed by atoms with Crippen molar-refractivity contribution in [2.45, 2.75) is 16.7 Å². The van der Waals surface area contributed by atoms with Crippen LogP contribution in [0.2, 0.25) is 0 Å². The number of nitriles is 1. The van der Waals surface area contributed by atoms with Gasteiger partial charge in [-0.25, -0.2) is 4.98 Å². The Balaban J connectivity index is 1.63. The molecule has 0 aliphatic carbocycles. The van der Waals surface area contributed by atoms with Crippen LogP contribution in [0.25, 0.3) is 33.1 Å². The molecule has 2 aromatic heterocycles. The molecule has 3 N–H and O–H groups in total. The number of pyridine rings is 1. The summed E-state index contributed by atoms with van der Waals surface area (Å²) < 4.78 is 0. The third-order valence-corrected chi connectivity index (χ3v) is 6.31. The molecule has 0 spiro atoms. The molecule has 160 valence electrons. The van der Waals surface area contributed by atoms with Crippen molar-refractivity contribution in [3.05, 3.63) is 78.4 Å². The Hall–Kier alpha value is -4.28. The predicted molar refractivity (Wildman–Crippen MR) is 130 cm³/mol. The maximum absolute atomic E-state index is 11.3. The Bertz CT molecular complexity index is 1570. The lowest BCUT2D eigenvalue weighted by Crippen LogP contribution is -2.05. The standard InChI is InChI=1S/C26H18N4O2S/c1-15(31)28-17-7-9-18(10-8-17)33-24-13-23(29-21-5-3-2-4-19(21)24)25-20-12-16(14-27)6-11-22(20)30-26(25)32/h2-13,30,32H,1H3,(H,28,31). The normalized spacial score (nSPS) is 10.9. The van der Waals surface area contributed by atoms with Crippen LogP contribution in [0.1, 0.15) is 12.5 Å². The van der Waals surface area contributed by atoms with E-state index < -0.39 is 0 Å². The lowest BCUT2D eigenvalue weighted by atomic mass is 10.1. The molecule has 7 heteroatoms. The van der Waals surface area contributed by atoms with E-state index in [0.29, 0.717) is 16.8 Å². The van der Waals surface area contributed by atoms with Crippen LogP contribution in [0, 0.1) is 11.3 Å². The number of hydrogen-bond acceptors (Lipinski definition) is 5. The quantitative estimate of drug-likeness (QED) is 0.308. The Labute approximate surface area is 193 Å². The first kappa shape index (κ1) is 20.6. The molecule has 6 nitrogen and oxygen atoms in total. The van der Waals surface area contributed by atoms with Gasteiger partial charge in [0.1, 0.15) is 0 Å². The fraction of sp³-hybridized carbons (Fsp3) is 0.0385. The van der Waals surface area contributed by atoms with Gasteiger partial charge < -0.3 is 15.4 Å². The van der Waals surface area contributed by atoms with Gasteiger partial charge in [-0.3, -0.25) is 4.79 Å². The van der Waals surface area contributed by atoms with Crippen LogP contribution in [0.4, 0.5) is 5.69 Å². The van der Waals surface area contributed by atoms with E-state index >= 15 is 0 Å².